The molecule has 0 aromatic heterocycles. The molecule has 0 atom stereocenters. The van der Waals surface area contributed by atoms with E-state index in [0.29, 0.717) is 24.5 Å². The summed E-state index contributed by atoms with van der Waals surface area (Å²) >= 11 is 0. The van der Waals surface area contributed by atoms with Crippen molar-refractivity contribution in [3.05, 3.63) is 48.5 Å². The van der Waals surface area contributed by atoms with Crippen LogP contribution in [-0.4, -0.2) is 12.5 Å². The van der Waals surface area contributed by atoms with E-state index in [4.69, 9.17) is 32.4 Å². The van der Waals surface area contributed by atoms with Gasteiger partial charge in [0, 0.05) is 17.8 Å². The van der Waals surface area contributed by atoms with Crippen LogP contribution >= 0.6 is 0 Å². The first-order chi connectivity index (χ1) is 11.4. The van der Waals surface area contributed by atoms with E-state index < -0.39 is 5.85 Å². The summed E-state index contributed by atoms with van der Waals surface area (Å²) in [7, 11) is 0. The van der Waals surface area contributed by atoms with Gasteiger partial charge >= 0.3 is 0 Å². The topological polar surface area (TPSA) is 123 Å². The van der Waals surface area contributed by atoms with Gasteiger partial charge in [0.1, 0.15) is 11.5 Å². The molecule has 0 saturated carbocycles. The molecule has 6 heteroatoms. The summed E-state index contributed by atoms with van der Waals surface area (Å²) in [6, 6.07) is 14.4. The van der Waals surface area contributed by atoms with Crippen LogP contribution in [0.4, 0.5) is 11.4 Å². The number of rotatable bonds is 9. The third-order valence-electron chi connectivity index (χ3n) is 3.55. The monoisotopic (exact) mass is 330 g/mol. The lowest BCUT2D eigenvalue weighted by Gasteiger charge is -2.25. The van der Waals surface area contributed by atoms with Crippen molar-refractivity contribution in [2.75, 3.05) is 18.1 Å². The van der Waals surface area contributed by atoms with Gasteiger partial charge in [-0.1, -0.05) is 0 Å². The summed E-state index contributed by atoms with van der Waals surface area (Å²) < 4.78 is 11.2. The van der Waals surface area contributed by atoms with Crippen molar-refractivity contribution in [3.8, 4) is 11.5 Å². The van der Waals surface area contributed by atoms with E-state index in [1.807, 2.05) is 24.3 Å². The molecule has 0 spiro atoms. The normalized spacial score (nSPS) is 11.2. The number of unbranched alkanes of at least 4 members (excludes halogenated alkanes) is 2. The first kappa shape index (κ1) is 17.9. The van der Waals surface area contributed by atoms with Gasteiger partial charge in [0.15, 0.2) is 0 Å². The average Bonchev–Trinajstić information content (AvgIpc) is 2.54. The summed E-state index contributed by atoms with van der Waals surface area (Å²) in [6.45, 7) is 0.644. The van der Waals surface area contributed by atoms with Crippen molar-refractivity contribution in [1.29, 1.82) is 0 Å². The van der Waals surface area contributed by atoms with Gasteiger partial charge in [-0.3, -0.25) is 11.5 Å². The average molecular weight is 330 g/mol. The Balaban J connectivity index is 1.62. The zero-order chi connectivity index (χ0) is 17.4. The molecule has 2 aromatic rings. The standard InChI is InChI=1S/C18H26N4O2/c19-14-4-8-16(9-5-14)23-13-3-1-2-12-18(21,22)24-17-10-6-15(20)7-11-17/h4-11H,1-3,12-13,19-22H2. The molecule has 0 aliphatic rings. The Kier molecular flexibility index (Phi) is 6.28. The second-order valence-electron chi connectivity index (χ2n) is 5.85. The van der Waals surface area contributed by atoms with Gasteiger partial charge in [-0.2, -0.15) is 0 Å². The number of hydrogen-bond acceptors (Lipinski definition) is 6. The van der Waals surface area contributed by atoms with E-state index >= 15 is 0 Å². The lowest BCUT2D eigenvalue weighted by molar-refractivity contribution is 0.0697. The summed E-state index contributed by atoms with van der Waals surface area (Å²) in [6.07, 6.45) is 3.28. The maximum atomic E-state index is 5.99. The maximum Gasteiger partial charge on any atom is 0.212 e. The fourth-order valence-corrected chi connectivity index (χ4v) is 2.24. The molecule has 0 aliphatic carbocycles. The fourth-order valence-electron chi connectivity index (χ4n) is 2.24. The molecule has 2 aromatic carbocycles. The van der Waals surface area contributed by atoms with Crippen LogP contribution in [-0.2, 0) is 0 Å². The molecule has 6 nitrogen and oxygen atoms in total. The van der Waals surface area contributed by atoms with Gasteiger partial charge in [0.05, 0.1) is 6.61 Å². The SMILES string of the molecule is Nc1ccc(OCCCCCC(N)(N)Oc2ccc(N)cc2)cc1. The van der Waals surface area contributed by atoms with Crippen LogP contribution in [0.25, 0.3) is 0 Å². The molecule has 0 amide bonds. The van der Waals surface area contributed by atoms with Crippen LogP contribution in [0.3, 0.4) is 0 Å². The zero-order valence-corrected chi connectivity index (χ0v) is 13.8. The van der Waals surface area contributed by atoms with Crippen LogP contribution in [0.15, 0.2) is 48.5 Å². The summed E-state index contributed by atoms with van der Waals surface area (Å²) in [5.41, 5.74) is 24.6. The minimum atomic E-state index is -1.19. The molecular weight excluding hydrogens is 304 g/mol. The molecule has 2 rings (SSSR count). The molecular formula is C18H26N4O2. The predicted molar refractivity (Wildman–Crippen MR) is 97.4 cm³/mol. The Morgan fingerprint density at radius 3 is 1.83 bits per heavy atom. The number of nitrogens with two attached hydrogens (primary N) is 4. The van der Waals surface area contributed by atoms with Crippen LogP contribution < -0.4 is 32.4 Å². The molecule has 0 saturated heterocycles. The van der Waals surface area contributed by atoms with E-state index in [0.717, 1.165) is 30.7 Å². The third kappa shape index (κ3) is 6.36. The van der Waals surface area contributed by atoms with Gasteiger partial charge in [0.25, 0.3) is 0 Å². The van der Waals surface area contributed by atoms with Gasteiger partial charge in [-0.05, 0) is 67.8 Å². The maximum absolute atomic E-state index is 5.99. The van der Waals surface area contributed by atoms with Crippen molar-refractivity contribution < 1.29 is 9.47 Å². The molecule has 0 unspecified atom stereocenters. The molecule has 0 heterocycles. The second-order valence-corrected chi connectivity index (χ2v) is 5.85. The van der Waals surface area contributed by atoms with Gasteiger partial charge in [-0.25, -0.2) is 0 Å². The smallest absolute Gasteiger partial charge is 0.212 e. The Bertz CT molecular complexity index is 612. The lowest BCUT2D eigenvalue weighted by Crippen LogP contribution is -2.54. The summed E-state index contributed by atoms with van der Waals surface area (Å²) in [5.74, 6) is 0.247. The highest BCUT2D eigenvalue weighted by molar-refractivity contribution is 5.42. The molecule has 0 bridgehead atoms. The summed E-state index contributed by atoms with van der Waals surface area (Å²) in [5, 5.41) is 0. The fraction of sp³-hybridized carbons (Fsp3) is 0.333. The van der Waals surface area contributed by atoms with Crippen molar-refractivity contribution >= 4 is 11.4 Å². The number of hydrogen-bond donors (Lipinski definition) is 4. The van der Waals surface area contributed by atoms with Crippen molar-refractivity contribution in [1.82, 2.24) is 0 Å². The zero-order valence-electron chi connectivity index (χ0n) is 13.8. The Morgan fingerprint density at radius 2 is 1.25 bits per heavy atom. The van der Waals surface area contributed by atoms with Gasteiger partial charge in [-0.15, -0.1) is 0 Å². The van der Waals surface area contributed by atoms with E-state index in [9.17, 15) is 0 Å². The van der Waals surface area contributed by atoms with Crippen molar-refractivity contribution in [3.63, 3.8) is 0 Å². The van der Waals surface area contributed by atoms with Crippen LogP contribution in [0.2, 0.25) is 0 Å². The van der Waals surface area contributed by atoms with Gasteiger partial charge < -0.3 is 20.9 Å². The number of nitrogen functional groups attached to an aromatic ring is 2. The van der Waals surface area contributed by atoms with E-state index in [1.165, 1.54) is 0 Å². The van der Waals surface area contributed by atoms with Gasteiger partial charge in [0.2, 0.25) is 5.85 Å². The number of benzene rings is 2. The molecule has 0 radical (unpaired) electrons. The van der Waals surface area contributed by atoms with Crippen molar-refractivity contribution in [2.45, 2.75) is 31.5 Å². The highest BCUT2D eigenvalue weighted by Crippen LogP contribution is 2.18. The quantitative estimate of drug-likeness (QED) is 0.318. The van der Waals surface area contributed by atoms with E-state index in [-0.39, 0.29) is 0 Å². The Hall–Kier alpha value is -2.44. The van der Waals surface area contributed by atoms with Crippen molar-refractivity contribution in [2.24, 2.45) is 11.5 Å². The second kappa shape index (κ2) is 8.42. The largest absolute Gasteiger partial charge is 0.494 e. The first-order valence-corrected chi connectivity index (χ1v) is 8.05. The molecule has 8 N–H and O–H groups in total. The predicted octanol–water partition coefficient (Wildman–Crippen LogP) is 2.44. The van der Waals surface area contributed by atoms with E-state index in [2.05, 4.69) is 0 Å². The molecule has 0 aliphatic heterocycles. The Labute approximate surface area is 142 Å². The molecule has 24 heavy (non-hydrogen) atoms. The lowest BCUT2D eigenvalue weighted by atomic mass is 10.1. The molecule has 130 valence electrons. The van der Waals surface area contributed by atoms with Crippen LogP contribution in [0, 0.1) is 0 Å². The minimum absolute atomic E-state index is 0.555. The minimum Gasteiger partial charge on any atom is -0.494 e. The highest BCUT2D eigenvalue weighted by atomic mass is 16.5. The highest BCUT2D eigenvalue weighted by Gasteiger charge is 2.20. The van der Waals surface area contributed by atoms with E-state index in [1.54, 1.807) is 24.3 Å². The van der Waals surface area contributed by atoms with Crippen LogP contribution in [0.1, 0.15) is 25.7 Å². The first-order valence-electron chi connectivity index (χ1n) is 8.05. The summed E-state index contributed by atoms with van der Waals surface area (Å²) in [4.78, 5) is 0. The number of anilines is 2. The van der Waals surface area contributed by atoms with Crippen LogP contribution in [0.5, 0.6) is 11.5 Å². The number of ether oxygens (including phenoxy) is 2. The third-order valence-corrected chi connectivity index (χ3v) is 3.55. The molecule has 0 fully saturated rings. The Morgan fingerprint density at radius 1 is 0.708 bits per heavy atom.